The summed E-state index contributed by atoms with van der Waals surface area (Å²) in [6.07, 6.45) is 34.5. The average Bonchev–Trinajstić information content (AvgIpc) is 2.92. The van der Waals surface area contributed by atoms with Crippen molar-refractivity contribution >= 4 is 11.7 Å². The van der Waals surface area contributed by atoms with Gasteiger partial charge in [-0.25, -0.2) is 0 Å². The number of aliphatic hydroxyl groups is 1. The molecule has 4 N–H and O–H groups in total. The third kappa shape index (κ3) is 21.3. The number of unbranched alkanes of at least 4 members (excludes halogenated alkanes) is 2. The van der Waals surface area contributed by atoms with Gasteiger partial charge in [-0.1, -0.05) is 106 Å². The van der Waals surface area contributed by atoms with Crippen LogP contribution in [0.5, 0.6) is 0 Å². The van der Waals surface area contributed by atoms with Gasteiger partial charge in [-0.3, -0.25) is 10.2 Å². The highest BCUT2D eigenvalue weighted by molar-refractivity contribution is 5.92. The second-order valence-corrected chi connectivity index (χ2v) is 11.1. The third-order valence-electron chi connectivity index (χ3n) is 6.94. The van der Waals surface area contributed by atoms with Crippen molar-refractivity contribution in [2.24, 2.45) is 23.5 Å². The van der Waals surface area contributed by atoms with Crippen molar-refractivity contribution in [3.63, 3.8) is 0 Å². The Labute approximate surface area is 251 Å². The summed E-state index contributed by atoms with van der Waals surface area (Å²) in [4.78, 5) is 12.9. The lowest BCUT2D eigenvalue weighted by atomic mass is 9.93. The molecular formula is C36H57N3O2. The molecule has 5 nitrogen and oxygen atoms in total. The fourth-order valence-corrected chi connectivity index (χ4v) is 3.99. The second-order valence-electron chi connectivity index (χ2n) is 11.1. The number of hydrogen-bond acceptors (Lipinski definition) is 3. The minimum Gasteiger partial charge on any atom is -0.388 e. The van der Waals surface area contributed by atoms with Gasteiger partial charge in [0.15, 0.2) is 11.7 Å². The van der Waals surface area contributed by atoms with E-state index in [2.05, 4.69) is 44.2 Å². The molecule has 0 aromatic heterocycles. The first kappa shape index (κ1) is 37.8. The summed E-state index contributed by atoms with van der Waals surface area (Å²) in [7, 11) is 1.85. The van der Waals surface area contributed by atoms with Gasteiger partial charge in [0.2, 0.25) is 0 Å². The van der Waals surface area contributed by atoms with Crippen molar-refractivity contribution < 1.29 is 9.90 Å². The summed E-state index contributed by atoms with van der Waals surface area (Å²) in [6, 6.07) is 0. The molecule has 228 valence electrons. The molecule has 0 radical (unpaired) electrons. The normalized spacial score (nSPS) is 16.6. The lowest BCUT2D eigenvalue weighted by Crippen LogP contribution is -2.33. The zero-order valence-electron chi connectivity index (χ0n) is 26.7. The van der Waals surface area contributed by atoms with E-state index in [0.717, 1.165) is 56.2 Å². The Morgan fingerprint density at radius 3 is 2.10 bits per heavy atom. The highest BCUT2D eigenvalue weighted by Crippen LogP contribution is 2.19. The van der Waals surface area contributed by atoms with Crippen LogP contribution in [0, 0.1) is 23.2 Å². The fraction of sp³-hybridized carbons (Fsp3) is 0.500. The number of nitrogens with two attached hydrogens (primary N) is 1. The van der Waals surface area contributed by atoms with Crippen LogP contribution in [0.3, 0.4) is 0 Å². The SMILES string of the molecule is CC(=O)/C(C)=C/C=C/C=C/C=C/C=C/C(C)C(O)/C(C)=C/C(C)CCC/C=C/C(C)C/C=C/CCCN(C)C(=N)N. The predicted molar refractivity (Wildman–Crippen MR) is 179 cm³/mol. The lowest BCUT2D eigenvalue weighted by Gasteiger charge is -2.18. The number of ketones is 1. The maximum atomic E-state index is 11.2. The third-order valence-corrected chi connectivity index (χ3v) is 6.94. The molecule has 5 heteroatoms. The summed E-state index contributed by atoms with van der Waals surface area (Å²) in [6.45, 7) is 12.7. The van der Waals surface area contributed by atoms with Crippen LogP contribution in [-0.2, 0) is 4.79 Å². The molecule has 0 amide bonds. The van der Waals surface area contributed by atoms with E-state index in [-0.39, 0.29) is 17.7 Å². The number of Topliss-reactive ketones (excluding diaryl/α,β-unsaturated/α-hetero) is 1. The molecule has 4 atom stereocenters. The quantitative estimate of drug-likeness (QED) is 0.0347. The molecule has 0 aliphatic heterocycles. The Kier molecular flexibility index (Phi) is 21.7. The van der Waals surface area contributed by atoms with Crippen molar-refractivity contribution in [1.82, 2.24) is 4.90 Å². The van der Waals surface area contributed by atoms with Gasteiger partial charge in [0.1, 0.15) is 0 Å². The molecule has 41 heavy (non-hydrogen) atoms. The minimum atomic E-state index is -0.485. The Bertz CT molecular complexity index is 994. The first-order chi connectivity index (χ1) is 19.5. The molecule has 0 heterocycles. The van der Waals surface area contributed by atoms with E-state index in [1.165, 1.54) is 0 Å². The lowest BCUT2D eigenvalue weighted by molar-refractivity contribution is -0.113. The van der Waals surface area contributed by atoms with Gasteiger partial charge >= 0.3 is 0 Å². The molecule has 0 aromatic rings. The van der Waals surface area contributed by atoms with E-state index >= 15 is 0 Å². The van der Waals surface area contributed by atoms with Crippen LogP contribution in [0.25, 0.3) is 0 Å². The van der Waals surface area contributed by atoms with Crippen molar-refractivity contribution in [2.45, 2.75) is 86.2 Å². The number of hydrogen-bond donors (Lipinski definition) is 3. The average molecular weight is 564 g/mol. The summed E-state index contributed by atoms with van der Waals surface area (Å²) < 4.78 is 0. The monoisotopic (exact) mass is 563 g/mol. The highest BCUT2D eigenvalue weighted by atomic mass is 16.3. The molecule has 0 aliphatic carbocycles. The number of nitrogens with one attached hydrogen (secondary N) is 1. The molecule has 0 rings (SSSR count). The predicted octanol–water partition coefficient (Wildman–Crippen LogP) is 8.24. The molecule has 0 bridgehead atoms. The Morgan fingerprint density at radius 1 is 0.854 bits per heavy atom. The highest BCUT2D eigenvalue weighted by Gasteiger charge is 2.13. The standard InChI is InChI=1S/C36H57N3O2/c1-29(22-16-13-14-21-27-39(7)36(37)38)23-17-15-18-24-30(2)28-33(5)35(41)32(4)26-20-12-10-8-9-11-19-25-31(3)34(6)40/h8-13,16-17,19-20,23,25-26,28-30,32,35,41H,14-15,18,21-22,24,27H2,1-7H3,(H3,37,38)/b9-8+,12-10+,16-13+,19-11+,23-17+,26-20+,31-25+,33-28+. The molecule has 0 spiro atoms. The minimum absolute atomic E-state index is 0.0343. The van der Waals surface area contributed by atoms with E-state index < -0.39 is 6.10 Å². The molecule has 0 aromatic carbocycles. The van der Waals surface area contributed by atoms with Gasteiger partial charge < -0.3 is 15.7 Å². The van der Waals surface area contributed by atoms with Crippen LogP contribution >= 0.6 is 0 Å². The van der Waals surface area contributed by atoms with Gasteiger partial charge in [0.25, 0.3) is 0 Å². The van der Waals surface area contributed by atoms with Gasteiger partial charge in [0, 0.05) is 19.5 Å². The Balaban J connectivity index is 4.31. The summed E-state index contributed by atoms with van der Waals surface area (Å²) in [5.74, 6) is 1.21. The number of guanidine groups is 1. The van der Waals surface area contributed by atoms with Crippen LogP contribution < -0.4 is 5.73 Å². The van der Waals surface area contributed by atoms with Gasteiger partial charge in [-0.15, -0.1) is 0 Å². The molecule has 0 saturated heterocycles. The number of aliphatic hydroxyl groups excluding tert-OH is 1. The van der Waals surface area contributed by atoms with Gasteiger partial charge in [-0.2, -0.15) is 0 Å². The largest absolute Gasteiger partial charge is 0.388 e. The van der Waals surface area contributed by atoms with Crippen LogP contribution in [0.15, 0.2) is 96.2 Å². The first-order valence-electron chi connectivity index (χ1n) is 15.0. The van der Waals surface area contributed by atoms with Crippen molar-refractivity contribution in [2.75, 3.05) is 13.6 Å². The van der Waals surface area contributed by atoms with Crippen LogP contribution in [0.4, 0.5) is 0 Å². The van der Waals surface area contributed by atoms with Crippen molar-refractivity contribution in [3.05, 3.63) is 96.2 Å². The zero-order valence-corrected chi connectivity index (χ0v) is 26.7. The second kappa shape index (κ2) is 23.5. The van der Waals surface area contributed by atoms with Gasteiger partial charge in [-0.05, 0) is 82.3 Å². The van der Waals surface area contributed by atoms with E-state index in [1.807, 2.05) is 69.5 Å². The molecule has 0 aliphatic rings. The van der Waals surface area contributed by atoms with E-state index in [0.29, 0.717) is 11.8 Å². The van der Waals surface area contributed by atoms with Crippen LogP contribution in [-0.4, -0.2) is 41.4 Å². The summed E-state index contributed by atoms with van der Waals surface area (Å²) >= 11 is 0. The van der Waals surface area contributed by atoms with E-state index in [9.17, 15) is 9.90 Å². The van der Waals surface area contributed by atoms with Gasteiger partial charge in [0.05, 0.1) is 6.10 Å². The first-order valence-corrected chi connectivity index (χ1v) is 15.0. The van der Waals surface area contributed by atoms with E-state index in [1.54, 1.807) is 24.8 Å². The van der Waals surface area contributed by atoms with Crippen LogP contribution in [0.1, 0.15) is 80.1 Å². The molecular weight excluding hydrogens is 506 g/mol. The maximum absolute atomic E-state index is 11.2. The Morgan fingerprint density at radius 2 is 1.46 bits per heavy atom. The molecule has 4 unspecified atom stereocenters. The van der Waals surface area contributed by atoms with Crippen molar-refractivity contribution in [1.29, 1.82) is 5.41 Å². The molecule has 0 saturated carbocycles. The summed E-state index contributed by atoms with van der Waals surface area (Å²) in [5.41, 5.74) is 7.21. The molecule has 0 fully saturated rings. The number of nitrogens with zero attached hydrogens (tertiary/aromatic N) is 1. The van der Waals surface area contributed by atoms with E-state index in [4.69, 9.17) is 11.1 Å². The summed E-state index contributed by atoms with van der Waals surface area (Å²) in [5, 5.41) is 18.1. The fourth-order valence-electron chi connectivity index (χ4n) is 3.99. The smallest absolute Gasteiger partial charge is 0.188 e. The number of carbonyl (C=O) groups is 1. The topological polar surface area (TPSA) is 90.4 Å². The number of carbonyl (C=O) groups excluding carboxylic acids is 1. The maximum Gasteiger partial charge on any atom is 0.188 e. The zero-order chi connectivity index (χ0) is 31.0. The number of allylic oxidation sites excluding steroid dienone is 14. The number of rotatable bonds is 20. The Hall–Kier alpha value is -3.18. The van der Waals surface area contributed by atoms with Crippen molar-refractivity contribution in [3.8, 4) is 0 Å². The van der Waals surface area contributed by atoms with Crippen LogP contribution in [0.2, 0.25) is 0 Å².